The lowest BCUT2D eigenvalue weighted by Gasteiger charge is -2.37. The third kappa shape index (κ3) is 4.81. The molecule has 162 valence electrons. The number of aliphatic hydroxyl groups excluding tert-OH is 1. The van der Waals surface area contributed by atoms with Gasteiger partial charge >= 0.3 is 0 Å². The summed E-state index contributed by atoms with van der Waals surface area (Å²) < 4.78 is 7.68. The zero-order chi connectivity index (χ0) is 21.6. The summed E-state index contributed by atoms with van der Waals surface area (Å²) in [4.78, 5) is 9.14. The van der Waals surface area contributed by atoms with Crippen LogP contribution in [-0.2, 0) is 13.6 Å². The second-order valence-electron chi connectivity index (χ2n) is 7.83. The molecule has 4 rings (SSSR count). The molecule has 0 aliphatic carbocycles. The fourth-order valence-electron chi connectivity index (χ4n) is 4.10. The third-order valence-electron chi connectivity index (χ3n) is 5.77. The number of aliphatic hydroxyl groups is 1. The molecule has 2 aromatic carbocycles. The lowest BCUT2D eigenvalue weighted by molar-refractivity contribution is 0.205. The molecule has 0 radical (unpaired) electrons. The highest BCUT2D eigenvalue weighted by molar-refractivity contribution is 5.56. The average Bonchev–Trinajstić information content (AvgIpc) is 3.24. The van der Waals surface area contributed by atoms with E-state index in [2.05, 4.69) is 39.6 Å². The Balaban J connectivity index is 1.43. The summed E-state index contributed by atoms with van der Waals surface area (Å²) in [5, 5.41) is 11.0. The van der Waals surface area contributed by atoms with Gasteiger partial charge in [0, 0.05) is 69.0 Å². The Morgan fingerprint density at radius 1 is 1.10 bits per heavy atom. The van der Waals surface area contributed by atoms with Gasteiger partial charge in [-0.05, 0) is 12.1 Å². The summed E-state index contributed by atoms with van der Waals surface area (Å²) in [5.41, 5.74) is 3.17. The highest BCUT2D eigenvalue weighted by atomic mass is 16.5. The van der Waals surface area contributed by atoms with E-state index in [1.165, 1.54) is 5.56 Å². The van der Waals surface area contributed by atoms with Crippen molar-refractivity contribution in [2.75, 3.05) is 37.7 Å². The third-order valence-corrected chi connectivity index (χ3v) is 5.77. The highest BCUT2D eigenvalue weighted by Gasteiger charge is 2.24. The Kier molecular flexibility index (Phi) is 6.70. The average molecular weight is 419 g/mol. The smallest absolute Gasteiger partial charge is 0.142 e. The zero-order valence-electron chi connectivity index (χ0n) is 18.0. The van der Waals surface area contributed by atoms with E-state index in [-0.39, 0.29) is 0 Å². The lowest BCUT2D eigenvalue weighted by atomic mass is 10.0. The second-order valence-corrected chi connectivity index (χ2v) is 7.83. The van der Waals surface area contributed by atoms with E-state index in [4.69, 9.17) is 4.74 Å². The molecule has 0 spiro atoms. The molecule has 31 heavy (non-hydrogen) atoms. The van der Waals surface area contributed by atoms with Crippen molar-refractivity contribution in [2.24, 2.45) is 7.05 Å². The lowest BCUT2D eigenvalue weighted by Crippen LogP contribution is -2.46. The van der Waals surface area contributed by atoms with Gasteiger partial charge in [-0.3, -0.25) is 4.90 Å². The van der Waals surface area contributed by atoms with E-state index in [1.807, 2.05) is 48.1 Å². The van der Waals surface area contributed by atoms with Crippen LogP contribution in [0.3, 0.4) is 0 Å². The molecule has 0 saturated carbocycles. The number of hydrogen-bond acceptors (Lipinski definition) is 5. The summed E-state index contributed by atoms with van der Waals surface area (Å²) in [5.74, 6) is 1.58. The summed E-state index contributed by atoms with van der Waals surface area (Å²) in [6.07, 6.45) is 4.60. The highest BCUT2D eigenvalue weighted by Crippen LogP contribution is 2.31. The molecule has 1 aliphatic rings. The Hall–Kier alpha value is -3.09. The Morgan fingerprint density at radius 2 is 1.84 bits per heavy atom. The first kappa shape index (κ1) is 21.2. The van der Waals surface area contributed by atoms with Crippen LogP contribution in [0.5, 0.6) is 5.75 Å². The maximum atomic E-state index is 11.0. The Bertz CT molecular complexity index is 1010. The monoisotopic (exact) mass is 418 g/mol. The molecule has 1 fully saturated rings. The molecule has 1 atom stereocenters. The van der Waals surface area contributed by atoms with Gasteiger partial charge in [0.05, 0.1) is 0 Å². The van der Waals surface area contributed by atoms with Crippen LogP contribution in [0.15, 0.2) is 73.6 Å². The van der Waals surface area contributed by atoms with Gasteiger partial charge in [0.25, 0.3) is 0 Å². The van der Waals surface area contributed by atoms with E-state index in [0.717, 1.165) is 49.7 Å². The predicted octanol–water partition coefficient (Wildman–Crippen LogP) is 3.39. The molecule has 0 unspecified atom stereocenters. The van der Waals surface area contributed by atoms with E-state index < -0.39 is 6.10 Å². The van der Waals surface area contributed by atoms with Crippen molar-refractivity contribution in [1.82, 2.24) is 14.5 Å². The summed E-state index contributed by atoms with van der Waals surface area (Å²) >= 11 is 0. The molecular formula is C25H30N4O2. The number of rotatable bonds is 8. The number of benzene rings is 2. The first-order chi connectivity index (χ1) is 15.2. The first-order valence-electron chi connectivity index (χ1n) is 10.7. The van der Waals surface area contributed by atoms with Crippen molar-refractivity contribution in [3.63, 3.8) is 0 Å². The van der Waals surface area contributed by atoms with E-state index in [9.17, 15) is 5.11 Å². The molecule has 1 N–H and O–H groups in total. The van der Waals surface area contributed by atoms with Gasteiger partial charge in [0.15, 0.2) is 0 Å². The molecular weight excluding hydrogens is 388 g/mol. The van der Waals surface area contributed by atoms with Crippen LogP contribution in [0.25, 0.3) is 0 Å². The normalized spacial score (nSPS) is 15.6. The van der Waals surface area contributed by atoms with E-state index in [1.54, 1.807) is 12.3 Å². The van der Waals surface area contributed by atoms with Crippen LogP contribution < -0.4 is 9.64 Å². The van der Waals surface area contributed by atoms with Gasteiger partial charge in [0.1, 0.15) is 24.3 Å². The minimum Gasteiger partial charge on any atom is -0.489 e. The van der Waals surface area contributed by atoms with Crippen molar-refractivity contribution in [2.45, 2.75) is 12.6 Å². The standard InChI is InChI=1S/C25H30N4O2/c1-3-18-31-23-11-7-4-8-20(23)19-28-14-16-29(17-15-28)22-10-6-5-9-21(22)24(30)25-26-12-13-27(25)2/h3-13,24,30H,1,14-19H2,2H3/t24-/m1/s1. The number of aryl methyl sites for hydroxylation is 1. The number of hydrogen-bond donors (Lipinski definition) is 1. The number of imidazole rings is 1. The van der Waals surface area contributed by atoms with Crippen molar-refractivity contribution < 1.29 is 9.84 Å². The quantitative estimate of drug-likeness (QED) is 0.569. The van der Waals surface area contributed by atoms with Gasteiger partial charge in [0.2, 0.25) is 0 Å². The van der Waals surface area contributed by atoms with Crippen LogP contribution in [0, 0.1) is 0 Å². The Labute approximate surface area is 184 Å². The van der Waals surface area contributed by atoms with Crippen LogP contribution in [0.1, 0.15) is 23.1 Å². The number of ether oxygens (including phenoxy) is 1. The van der Waals surface area contributed by atoms with Crippen LogP contribution in [0.4, 0.5) is 5.69 Å². The summed E-state index contributed by atoms with van der Waals surface area (Å²) in [7, 11) is 1.91. The fraction of sp³-hybridized carbons (Fsp3) is 0.320. The van der Waals surface area contributed by atoms with E-state index in [0.29, 0.717) is 12.4 Å². The van der Waals surface area contributed by atoms with Crippen LogP contribution in [-0.4, -0.2) is 52.3 Å². The fourth-order valence-corrected chi connectivity index (χ4v) is 4.10. The molecule has 6 nitrogen and oxygen atoms in total. The van der Waals surface area contributed by atoms with Crippen molar-refractivity contribution in [1.29, 1.82) is 0 Å². The minimum absolute atomic E-state index is 0.514. The summed E-state index contributed by atoms with van der Waals surface area (Å²) in [6, 6.07) is 16.3. The minimum atomic E-state index is -0.747. The molecule has 0 amide bonds. The number of aromatic nitrogens is 2. The molecule has 3 aromatic rings. The molecule has 1 saturated heterocycles. The maximum absolute atomic E-state index is 11.0. The number of nitrogens with zero attached hydrogens (tertiary/aromatic N) is 4. The van der Waals surface area contributed by atoms with E-state index >= 15 is 0 Å². The number of para-hydroxylation sites is 2. The van der Waals surface area contributed by atoms with Gasteiger partial charge in [-0.15, -0.1) is 0 Å². The molecule has 0 bridgehead atoms. The maximum Gasteiger partial charge on any atom is 0.142 e. The molecule has 2 heterocycles. The van der Waals surface area contributed by atoms with Crippen molar-refractivity contribution in [3.8, 4) is 5.75 Å². The number of piperazine rings is 1. The van der Waals surface area contributed by atoms with Gasteiger partial charge in [-0.1, -0.05) is 49.1 Å². The van der Waals surface area contributed by atoms with Gasteiger partial charge < -0.3 is 19.3 Å². The van der Waals surface area contributed by atoms with Crippen LogP contribution in [0.2, 0.25) is 0 Å². The largest absolute Gasteiger partial charge is 0.489 e. The second kappa shape index (κ2) is 9.81. The van der Waals surface area contributed by atoms with Crippen molar-refractivity contribution in [3.05, 3.63) is 90.5 Å². The zero-order valence-corrected chi connectivity index (χ0v) is 18.0. The van der Waals surface area contributed by atoms with Gasteiger partial charge in [-0.2, -0.15) is 0 Å². The Morgan fingerprint density at radius 3 is 2.58 bits per heavy atom. The van der Waals surface area contributed by atoms with Crippen LogP contribution >= 0.6 is 0 Å². The number of anilines is 1. The molecule has 1 aliphatic heterocycles. The summed E-state index contributed by atoms with van der Waals surface area (Å²) in [6.45, 7) is 8.81. The SMILES string of the molecule is C=CCOc1ccccc1CN1CCN(c2ccccc2[C@@H](O)c2nccn2C)CC1. The first-order valence-corrected chi connectivity index (χ1v) is 10.7. The van der Waals surface area contributed by atoms with Gasteiger partial charge in [-0.25, -0.2) is 4.98 Å². The molecule has 1 aromatic heterocycles. The predicted molar refractivity (Wildman–Crippen MR) is 123 cm³/mol. The van der Waals surface area contributed by atoms with Crippen molar-refractivity contribution >= 4 is 5.69 Å². The topological polar surface area (TPSA) is 53.8 Å². The molecule has 6 heteroatoms.